The topological polar surface area (TPSA) is 29.5 Å². The van der Waals surface area contributed by atoms with E-state index in [0.29, 0.717) is 12.8 Å². The Morgan fingerprint density at radius 1 is 1.29 bits per heavy atom. The summed E-state index contributed by atoms with van der Waals surface area (Å²) in [5, 5.41) is 0. The van der Waals surface area contributed by atoms with Crippen LogP contribution in [0.2, 0.25) is 0 Å². The van der Waals surface area contributed by atoms with E-state index in [4.69, 9.17) is 4.74 Å². The number of esters is 1. The Morgan fingerprint density at radius 2 is 1.88 bits per heavy atom. The number of carbonyl (C=O) groups is 1. The highest BCUT2D eigenvalue weighted by Crippen LogP contribution is 2.19. The number of halogens is 3. The van der Waals surface area contributed by atoms with Gasteiger partial charge in [-0.2, -0.15) is 13.2 Å². The predicted octanol–water partition coefficient (Wildman–Crippen LogP) is 2.60. The van der Waals surface area contributed by atoms with Crippen LogP contribution in [0.4, 0.5) is 13.2 Å². The molecule has 0 fully saturated rings. The van der Waals surface area contributed by atoms with Crippen LogP contribution in [-0.4, -0.2) is 42.8 Å². The molecule has 0 heterocycles. The van der Waals surface area contributed by atoms with E-state index in [-0.39, 0.29) is 13.2 Å². The van der Waals surface area contributed by atoms with Crippen molar-refractivity contribution in [3.63, 3.8) is 0 Å². The highest BCUT2D eigenvalue weighted by atomic mass is 19.4. The van der Waals surface area contributed by atoms with Gasteiger partial charge in [0.05, 0.1) is 13.2 Å². The second-order valence-corrected chi connectivity index (χ2v) is 3.76. The van der Waals surface area contributed by atoms with Crippen molar-refractivity contribution < 1.29 is 22.7 Å². The Morgan fingerprint density at radius 3 is 2.24 bits per heavy atom. The van der Waals surface area contributed by atoms with Gasteiger partial charge in [-0.15, -0.1) is 0 Å². The minimum Gasteiger partial charge on any atom is -0.465 e. The van der Waals surface area contributed by atoms with E-state index < -0.39 is 24.7 Å². The summed E-state index contributed by atoms with van der Waals surface area (Å²) in [5.41, 5.74) is 0. The largest absolute Gasteiger partial charge is 0.465 e. The second-order valence-electron chi connectivity index (χ2n) is 3.76. The molecule has 0 radical (unpaired) electrons. The lowest BCUT2D eigenvalue weighted by Gasteiger charge is -2.29. The predicted molar refractivity (Wildman–Crippen MR) is 58.6 cm³/mol. The quantitative estimate of drug-likeness (QED) is 0.655. The molecule has 0 aromatic heterocycles. The molecule has 0 aromatic rings. The summed E-state index contributed by atoms with van der Waals surface area (Å²) >= 11 is 0. The fraction of sp³-hybridized carbons (Fsp3) is 0.909. The maximum absolute atomic E-state index is 12.4. The zero-order valence-electron chi connectivity index (χ0n) is 10.5. The average molecular weight is 255 g/mol. The minimum absolute atomic E-state index is 0.182. The van der Waals surface area contributed by atoms with Crippen LogP contribution in [0.25, 0.3) is 0 Å². The molecule has 1 atom stereocenters. The third-order valence-corrected chi connectivity index (χ3v) is 2.28. The van der Waals surface area contributed by atoms with E-state index in [1.807, 2.05) is 0 Å². The Balaban J connectivity index is 4.67. The molecular weight excluding hydrogens is 235 g/mol. The number of rotatable bonds is 7. The standard InChI is InChI=1S/C11H20F3NO2/c1-4-7-15(8-11(12,13)14)9(5-2)10(16)17-6-3/h9H,4-8H2,1-3H3. The van der Waals surface area contributed by atoms with E-state index in [2.05, 4.69) is 0 Å². The van der Waals surface area contributed by atoms with Gasteiger partial charge in [0, 0.05) is 0 Å². The third kappa shape index (κ3) is 6.51. The molecule has 1 unspecified atom stereocenters. The average Bonchev–Trinajstić information content (AvgIpc) is 2.17. The molecule has 0 N–H and O–H groups in total. The van der Waals surface area contributed by atoms with E-state index in [9.17, 15) is 18.0 Å². The van der Waals surface area contributed by atoms with Crippen LogP contribution in [0, 0.1) is 0 Å². The van der Waals surface area contributed by atoms with Crippen molar-refractivity contribution in [3.8, 4) is 0 Å². The van der Waals surface area contributed by atoms with Crippen molar-refractivity contribution in [2.24, 2.45) is 0 Å². The Labute approximate surface area is 99.9 Å². The van der Waals surface area contributed by atoms with Gasteiger partial charge in [0.25, 0.3) is 0 Å². The number of hydrogen-bond donors (Lipinski definition) is 0. The maximum atomic E-state index is 12.4. The van der Waals surface area contributed by atoms with Crippen molar-refractivity contribution in [3.05, 3.63) is 0 Å². The molecule has 0 aromatic carbocycles. The lowest BCUT2D eigenvalue weighted by Crippen LogP contribution is -2.46. The van der Waals surface area contributed by atoms with Crippen molar-refractivity contribution in [1.29, 1.82) is 0 Å². The second kappa shape index (κ2) is 7.53. The van der Waals surface area contributed by atoms with E-state index >= 15 is 0 Å². The molecule has 0 spiro atoms. The van der Waals surface area contributed by atoms with Gasteiger partial charge >= 0.3 is 12.1 Å². The molecular formula is C11H20F3NO2. The third-order valence-electron chi connectivity index (χ3n) is 2.28. The van der Waals surface area contributed by atoms with E-state index in [1.54, 1.807) is 20.8 Å². The van der Waals surface area contributed by atoms with Crippen molar-refractivity contribution in [1.82, 2.24) is 4.90 Å². The van der Waals surface area contributed by atoms with Crippen LogP contribution >= 0.6 is 0 Å². The first kappa shape index (κ1) is 16.2. The fourth-order valence-electron chi connectivity index (χ4n) is 1.67. The number of hydrogen-bond acceptors (Lipinski definition) is 3. The van der Waals surface area contributed by atoms with Crippen LogP contribution in [0.3, 0.4) is 0 Å². The van der Waals surface area contributed by atoms with Gasteiger partial charge in [0.2, 0.25) is 0 Å². The molecule has 3 nitrogen and oxygen atoms in total. The summed E-state index contributed by atoms with van der Waals surface area (Å²) in [7, 11) is 0. The van der Waals surface area contributed by atoms with Crippen molar-refractivity contribution in [2.45, 2.75) is 45.8 Å². The molecule has 17 heavy (non-hydrogen) atoms. The lowest BCUT2D eigenvalue weighted by molar-refractivity contribution is -0.165. The van der Waals surface area contributed by atoms with Crippen LogP contribution in [0.1, 0.15) is 33.6 Å². The maximum Gasteiger partial charge on any atom is 0.401 e. The highest BCUT2D eigenvalue weighted by molar-refractivity contribution is 5.75. The summed E-state index contributed by atoms with van der Waals surface area (Å²) in [6, 6.07) is -0.809. The smallest absolute Gasteiger partial charge is 0.401 e. The number of ether oxygens (including phenoxy) is 1. The highest BCUT2D eigenvalue weighted by Gasteiger charge is 2.35. The molecule has 0 saturated heterocycles. The van der Waals surface area contributed by atoms with Gasteiger partial charge in [-0.3, -0.25) is 9.69 Å². The summed E-state index contributed by atoms with van der Waals surface area (Å²) in [6.07, 6.45) is -3.42. The van der Waals surface area contributed by atoms with Gasteiger partial charge in [0.1, 0.15) is 6.04 Å². The van der Waals surface area contributed by atoms with Crippen LogP contribution in [-0.2, 0) is 9.53 Å². The Hall–Kier alpha value is -0.780. The monoisotopic (exact) mass is 255 g/mol. The molecule has 0 saturated carbocycles. The summed E-state index contributed by atoms with van der Waals surface area (Å²) < 4.78 is 41.9. The van der Waals surface area contributed by atoms with Gasteiger partial charge in [-0.1, -0.05) is 13.8 Å². The SMILES string of the molecule is CCCN(CC(F)(F)F)C(CC)C(=O)OCC. The number of carbonyl (C=O) groups excluding carboxylic acids is 1. The van der Waals surface area contributed by atoms with Crippen molar-refractivity contribution >= 4 is 5.97 Å². The first-order valence-electron chi connectivity index (χ1n) is 5.83. The van der Waals surface area contributed by atoms with E-state index in [1.165, 1.54) is 0 Å². The van der Waals surface area contributed by atoms with Crippen LogP contribution in [0.5, 0.6) is 0 Å². The summed E-state index contributed by atoms with van der Waals surface area (Å²) in [5.74, 6) is -0.576. The molecule has 0 aliphatic heterocycles. The Bertz CT molecular complexity index is 231. The lowest BCUT2D eigenvalue weighted by atomic mass is 10.2. The number of alkyl halides is 3. The van der Waals surface area contributed by atoms with Crippen molar-refractivity contribution in [2.75, 3.05) is 19.7 Å². The normalized spacial score (nSPS) is 13.8. The fourth-order valence-corrected chi connectivity index (χ4v) is 1.67. The zero-order chi connectivity index (χ0) is 13.5. The first-order chi connectivity index (χ1) is 7.85. The van der Waals surface area contributed by atoms with Crippen LogP contribution in [0.15, 0.2) is 0 Å². The van der Waals surface area contributed by atoms with Crippen LogP contribution < -0.4 is 0 Å². The van der Waals surface area contributed by atoms with Gasteiger partial charge < -0.3 is 4.74 Å². The first-order valence-corrected chi connectivity index (χ1v) is 5.83. The molecule has 0 amide bonds. The molecule has 0 aliphatic carbocycles. The Kier molecular flexibility index (Phi) is 7.18. The van der Waals surface area contributed by atoms with E-state index in [0.717, 1.165) is 4.90 Å². The molecule has 6 heteroatoms. The molecule has 0 bridgehead atoms. The molecule has 102 valence electrons. The number of nitrogens with zero attached hydrogens (tertiary/aromatic N) is 1. The summed E-state index contributed by atoms with van der Waals surface area (Å²) in [6.45, 7) is 4.44. The molecule has 0 aliphatic rings. The van der Waals surface area contributed by atoms with Gasteiger partial charge in [-0.05, 0) is 26.3 Å². The molecule has 0 rings (SSSR count). The van der Waals surface area contributed by atoms with Gasteiger partial charge in [-0.25, -0.2) is 0 Å². The minimum atomic E-state index is -4.30. The van der Waals surface area contributed by atoms with Gasteiger partial charge in [0.15, 0.2) is 0 Å². The zero-order valence-corrected chi connectivity index (χ0v) is 10.5. The summed E-state index contributed by atoms with van der Waals surface area (Å²) in [4.78, 5) is 12.7.